The van der Waals surface area contributed by atoms with Gasteiger partial charge in [-0.25, -0.2) is 9.97 Å². The molecule has 1 amide bonds. The summed E-state index contributed by atoms with van der Waals surface area (Å²) < 4.78 is 6.85. The first kappa shape index (κ1) is 22.1. The van der Waals surface area contributed by atoms with Crippen LogP contribution in [0.3, 0.4) is 0 Å². The van der Waals surface area contributed by atoms with Crippen molar-refractivity contribution >= 4 is 40.1 Å². The number of hydrogen-bond donors (Lipinski definition) is 3. The van der Waals surface area contributed by atoms with Gasteiger partial charge in [-0.1, -0.05) is 19.1 Å². The van der Waals surface area contributed by atoms with Gasteiger partial charge in [-0.15, -0.1) is 0 Å². The number of aromatic nitrogens is 3. The van der Waals surface area contributed by atoms with Crippen molar-refractivity contribution in [1.82, 2.24) is 20.0 Å². The summed E-state index contributed by atoms with van der Waals surface area (Å²) >= 11 is 0. The molecule has 4 N–H and O–H groups in total. The molecule has 0 aliphatic rings. The van der Waals surface area contributed by atoms with Crippen molar-refractivity contribution in [3.05, 3.63) is 53.6 Å². The number of carbonyl (C=O) groups is 1. The third-order valence-corrected chi connectivity index (χ3v) is 5.30. The lowest BCUT2D eigenvalue weighted by molar-refractivity contribution is 0.0941. The normalized spacial score (nSPS) is 12.5. The molecule has 0 saturated carbocycles. The van der Waals surface area contributed by atoms with Crippen LogP contribution < -0.4 is 15.8 Å². The zero-order valence-corrected chi connectivity index (χ0v) is 18.7. The molecule has 0 bridgehead atoms. The van der Waals surface area contributed by atoms with E-state index < -0.39 is 0 Å². The molecule has 0 radical (unpaired) electrons. The Labute approximate surface area is 190 Å². The van der Waals surface area contributed by atoms with Gasteiger partial charge in [0.05, 0.1) is 23.9 Å². The van der Waals surface area contributed by atoms with E-state index in [0.29, 0.717) is 40.1 Å². The van der Waals surface area contributed by atoms with Crippen molar-refractivity contribution in [3.8, 4) is 11.5 Å². The quantitative estimate of drug-likeness (QED) is 0.372. The fourth-order valence-corrected chi connectivity index (χ4v) is 3.39. The highest BCUT2D eigenvalue weighted by Gasteiger charge is 2.24. The zero-order valence-electron chi connectivity index (χ0n) is 18.7. The smallest absolute Gasteiger partial charge is 0.257 e. The fourth-order valence-electron chi connectivity index (χ4n) is 3.39. The van der Waals surface area contributed by atoms with Gasteiger partial charge in [0.15, 0.2) is 17.1 Å². The number of nitrogens with one attached hydrogen (secondary N) is 1. The number of nitrogens with zero attached hydrogens (tertiary/aromatic N) is 4. The predicted molar refractivity (Wildman–Crippen MR) is 129 cm³/mol. The highest BCUT2D eigenvalue weighted by atomic mass is 16.5. The average Bonchev–Trinajstić information content (AvgIpc) is 3.08. The van der Waals surface area contributed by atoms with E-state index in [4.69, 9.17) is 10.5 Å². The minimum Gasteiger partial charge on any atom is -0.504 e. The standard InChI is InChI=1S/C24H26N6O3/c1-4-14(3)27-24(32)20-21-23(29-17-9-7-6-8-16(17)28-21)30(22(20)25)26-13-15-10-11-18(31)19(12-15)33-5-2/h6-14,31H,4-5,25H2,1-3H3,(H,27,32)/b26-13-/t14-/m1/s1. The van der Waals surface area contributed by atoms with Crippen LogP contribution in [-0.2, 0) is 0 Å². The molecular formula is C24H26N6O3. The molecule has 0 spiro atoms. The largest absolute Gasteiger partial charge is 0.504 e. The van der Waals surface area contributed by atoms with Gasteiger partial charge in [0.2, 0.25) is 0 Å². The van der Waals surface area contributed by atoms with Gasteiger partial charge in [-0.3, -0.25) is 4.79 Å². The van der Waals surface area contributed by atoms with Crippen LogP contribution in [-0.4, -0.2) is 44.5 Å². The second kappa shape index (κ2) is 9.15. The number of phenols is 1. The lowest BCUT2D eigenvalue weighted by atomic mass is 10.2. The van der Waals surface area contributed by atoms with Crippen LogP contribution in [0.5, 0.6) is 11.5 Å². The summed E-state index contributed by atoms with van der Waals surface area (Å²) in [6.45, 7) is 6.17. The van der Waals surface area contributed by atoms with E-state index in [2.05, 4.69) is 20.4 Å². The number of carbonyl (C=O) groups excluding carboxylic acids is 1. The van der Waals surface area contributed by atoms with E-state index in [9.17, 15) is 9.90 Å². The molecule has 1 atom stereocenters. The number of anilines is 1. The van der Waals surface area contributed by atoms with E-state index in [0.717, 1.165) is 6.42 Å². The molecule has 33 heavy (non-hydrogen) atoms. The molecule has 0 fully saturated rings. The summed E-state index contributed by atoms with van der Waals surface area (Å²) in [7, 11) is 0. The van der Waals surface area contributed by atoms with Crippen LogP contribution in [0.15, 0.2) is 47.6 Å². The minimum atomic E-state index is -0.325. The van der Waals surface area contributed by atoms with Crippen LogP contribution in [0.1, 0.15) is 43.1 Å². The molecular weight excluding hydrogens is 420 g/mol. The number of fused-ring (bicyclic) bond motifs is 2. The van der Waals surface area contributed by atoms with Gasteiger partial charge in [0.25, 0.3) is 5.91 Å². The summed E-state index contributed by atoms with van der Waals surface area (Å²) in [6.07, 6.45) is 2.34. The summed E-state index contributed by atoms with van der Waals surface area (Å²) in [5, 5.41) is 17.4. The van der Waals surface area contributed by atoms with E-state index in [1.54, 1.807) is 18.3 Å². The van der Waals surface area contributed by atoms with Gasteiger partial charge < -0.3 is 20.9 Å². The van der Waals surface area contributed by atoms with Crippen LogP contribution in [0.4, 0.5) is 5.82 Å². The van der Waals surface area contributed by atoms with Crippen LogP contribution in [0.2, 0.25) is 0 Å². The van der Waals surface area contributed by atoms with Crippen molar-refractivity contribution < 1.29 is 14.6 Å². The van der Waals surface area contributed by atoms with Crippen molar-refractivity contribution in [2.24, 2.45) is 5.10 Å². The van der Waals surface area contributed by atoms with Gasteiger partial charge in [0, 0.05) is 6.04 Å². The lowest BCUT2D eigenvalue weighted by Crippen LogP contribution is -2.32. The topological polar surface area (TPSA) is 128 Å². The highest BCUT2D eigenvalue weighted by molar-refractivity contribution is 6.10. The average molecular weight is 447 g/mol. The molecule has 170 valence electrons. The molecule has 2 heterocycles. The number of benzene rings is 2. The molecule has 2 aromatic heterocycles. The summed E-state index contributed by atoms with van der Waals surface area (Å²) in [6, 6.07) is 12.3. The van der Waals surface area contributed by atoms with Gasteiger partial charge in [-0.05, 0) is 56.2 Å². The predicted octanol–water partition coefficient (Wildman–Crippen LogP) is 3.68. The number of nitrogens with two attached hydrogens (primary N) is 1. The molecule has 2 aromatic carbocycles. The molecule has 9 nitrogen and oxygen atoms in total. The Hall–Kier alpha value is -4.14. The maximum Gasteiger partial charge on any atom is 0.257 e. The Morgan fingerprint density at radius 1 is 1.24 bits per heavy atom. The number of para-hydroxylation sites is 2. The number of phenolic OH excluding ortho intramolecular Hbond substituents is 1. The van der Waals surface area contributed by atoms with Crippen molar-refractivity contribution in [3.63, 3.8) is 0 Å². The van der Waals surface area contributed by atoms with E-state index in [1.165, 1.54) is 10.7 Å². The van der Waals surface area contributed by atoms with Gasteiger partial charge in [-0.2, -0.15) is 9.78 Å². The van der Waals surface area contributed by atoms with Crippen LogP contribution >= 0.6 is 0 Å². The maximum atomic E-state index is 13.1. The second-order valence-corrected chi connectivity index (χ2v) is 7.64. The molecule has 4 rings (SSSR count). The Bertz CT molecular complexity index is 1360. The molecule has 9 heteroatoms. The summed E-state index contributed by atoms with van der Waals surface area (Å²) in [5.41, 5.74) is 9.40. The third kappa shape index (κ3) is 4.30. The Kier molecular flexibility index (Phi) is 6.12. The number of ether oxygens (including phenoxy) is 1. The first-order valence-electron chi connectivity index (χ1n) is 10.8. The molecule has 0 saturated heterocycles. The number of aromatic hydroxyl groups is 1. The Balaban J connectivity index is 1.86. The van der Waals surface area contributed by atoms with Crippen LogP contribution in [0.25, 0.3) is 22.2 Å². The monoisotopic (exact) mass is 446 g/mol. The number of nitrogen functional groups attached to an aromatic ring is 1. The maximum absolute atomic E-state index is 13.1. The molecule has 0 aliphatic heterocycles. The third-order valence-electron chi connectivity index (χ3n) is 5.30. The number of rotatable bonds is 7. The van der Waals surface area contributed by atoms with Crippen molar-refractivity contribution in [2.45, 2.75) is 33.2 Å². The number of amides is 1. The molecule has 0 aliphatic carbocycles. The highest BCUT2D eigenvalue weighted by Crippen LogP contribution is 2.29. The second-order valence-electron chi connectivity index (χ2n) is 7.64. The Morgan fingerprint density at radius 3 is 2.67 bits per heavy atom. The van der Waals surface area contributed by atoms with Crippen molar-refractivity contribution in [2.75, 3.05) is 12.3 Å². The SMILES string of the molecule is CCOc1cc(/C=N\n2c(N)c(C(=O)N[C@H](C)CC)c3nc4ccccc4nc32)ccc1O. The van der Waals surface area contributed by atoms with E-state index in [-0.39, 0.29) is 29.1 Å². The first-order valence-corrected chi connectivity index (χ1v) is 10.8. The van der Waals surface area contributed by atoms with Crippen molar-refractivity contribution in [1.29, 1.82) is 0 Å². The first-order chi connectivity index (χ1) is 15.9. The van der Waals surface area contributed by atoms with Gasteiger partial charge >= 0.3 is 0 Å². The number of hydrogen-bond acceptors (Lipinski definition) is 7. The minimum absolute atomic E-state index is 0.0267. The summed E-state index contributed by atoms with van der Waals surface area (Å²) in [5.74, 6) is 0.210. The van der Waals surface area contributed by atoms with E-state index in [1.807, 2.05) is 45.0 Å². The Morgan fingerprint density at radius 2 is 1.97 bits per heavy atom. The van der Waals surface area contributed by atoms with E-state index >= 15 is 0 Å². The summed E-state index contributed by atoms with van der Waals surface area (Å²) in [4.78, 5) is 22.4. The fraction of sp³-hybridized carbons (Fsp3) is 0.250. The molecule has 4 aromatic rings. The lowest BCUT2D eigenvalue weighted by Gasteiger charge is -2.11. The van der Waals surface area contributed by atoms with Crippen LogP contribution in [0, 0.1) is 0 Å². The zero-order chi connectivity index (χ0) is 23.5. The van der Waals surface area contributed by atoms with Gasteiger partial charge in [0.1, 0.15) is 16.9 Å². The molecule has 0 unspecified atom stereocenters.